The minimum Gasteiger partial charge on any atom is -0.456 e. The van der Waals surface area contributed by atoms with Gasteiger partial charge in [-0.25, -0.2) is 0 Å². The van der Waals surface area contributed by atoms with Crippen LogP contribution in [0.3, 0.4) is 0 Å². The second-order valence-corrected chi connectivity index (χ2v) is 16.6. The van der Waals surface area contributed by atoms with Gasteiger partial charge in [0.25, 0.3) is 0 Å². The molecule has 4 heteroatoms. The number of para-hydroxylation sites is 5. The number of aromatic nitrogens is 1. The highest BCUT2D eigenvalue weighted by molar-refractivity contribution is 6.17. The van der Waals surface area contributed by atoms with Crippen LogP contribution in [-0.4, -0.2) is 4.57 Å². The average Bonchev–Trinajstić information content (AvgIpc) is 3.91. The van der Waals surface area contributed by atoms with Crippen molar-refractivity contribution >= 4 is 77.9 Å². The third kappa shape index (κ3) is 5.53. The molecule has 0 saturated heterocycles. The average molecular weight is 784 g/mol. The Balaban J connectivity index is 1.04. The maximum Gasteiger partial charge on any atom is 0.136 e. The van der Waals surface area contributed by atoms with Crippen LogP contribution in [0.5, 0.6) is 0 Å². The minimum absolute atomic E-state index is 0.248. The Morgan fingerprint density at radius 3 is 1.46 bits per heavy atom. The third-order valence-corrected chi connectivity index (χ3v) is 12.7. The fourth-order valence-corrected chi connectivity index (χ4v) is 9.84. The molecular weight excluding hydrogens is 743 g/mol. The summed E-state index contributed by atoms with van der Waals surface area (Å²) in [5.74, 6) is 0. The highest BCUT2D eigenvalue weighted by Gasteiger charge is 2.37. The van der Waals surface area contributed by atoms with E-state index in [0.717, 1.165) is 78.2 Å². The van der Waals surface area contributed by atoms with Crippen molar-refractivity contribution in [3.05, 3.63) is 223 Å². The normalized spacial score (nSPS) is 12.9. The van der Waals surface area contributed by atoms with Crippen LogP contribution in [0.1, 0.15) is 25.0 Å². The molecule has 0 amide bonds. The van der Waals surface area contributed by atoms with Crippen molar-refractivity contribution in [1.82, 2.24) is 4.57 Å². The van der Waals surface area contributed by atoms with E-state index in [2.05, 4.69) is 234 Å². The first-order valence-corrected chi connectivity index (χ1v) is 21.0. The monoisotopic (exact) mass is 783 g/mol. The Morgan fingerprint density at radius 1 is 0.361 bits per heavy atom. The highest BCUT2D eigenvalue weighted by atomic mass is 16.3. The molecule has 0 N–H and O–H groups in total. The van der Waals surface area contributed by atoms with Gasteiger partial charge in [0.15, 0.2) is 0 Å². The summed E-state index contributed by atoms with van der Waals surface area (Å²) in [4.78, 5) is 4.69. The van der Waals surface area contributed by atoms with Gasteiger partial charge in [0.05, 0.1) is 11.0 Å². The van der Waals surface area contributed by atoms with Gasteiger partial charge in [-0.1, -0.05) is 117 Å². The lowest BCUT2D eigenvalue weighted by Gasteiger charge is -2.28. The summed E-state index contributed by atoms with van der Waals surface area (Å²) in [6.07, 6.45) is 0. The Kier molecular flexibility index (Phi) is 7.85. The summed E-state index contributed by atoms with van der Waals surface area (Å²) in [6, 6.07) is 76.5. The predicted molar refractivity (Wildman–Crippen MR) is 255 cm³/mol. The van der Waals surface area contributed by atoms with Crippen molar-refractivity contribution in [3.8, 4) is 16.8 Å². The number of rotatable bonds is 7. The zero-order valence-corrected chi connectivity index (χ0v) is 34.0. The van der Waals surface area contributed by atoms with Crippen LogP contribution in [0.4, 0.5) is 34.1 Å². The molecule has 290 valence electrons. The lowest BCUT2D eigenvalue weighted by molar-refractivity contribution is 0.660. The van der Waals surface area contributed by atoms with Crippen molar-refractivity contribution in [3.63, 3.8) is 0 Å². The van der Waals surface area contributed by atoms with Crippen LogP contribution in [0.15, 0.2) is 217 Å². The Bertz CT molecular complexity index is 3360. The van der Waals surface area contributed by atoms with Crippen LogP contribution in [0.2, 0.25) is 0 Å². The standard InChI is InChI=1S/C57H41N3O/c1-57(2)51-34-43(59(40-21-11-5-12-22-40)41-23-13-6-14-24-41)27-30-45(51)46-31-28-44(35-52(46)57)60-53-32-29-42(58(38-17-7-3-8-18-38)39-19-9-4-10-20-39)33-48(53)49-37-56-50(36-54(49)60)47-25-15-16-26-55(47)61-56/h3-37H,1-2H3. The maximum atomic E-state index is 6.52. The molecule has 0 fully saturated rings. The van der Waals surface area contributed by atoms with Crippen LogP contribution >= 0.6 is 0 Å². The van der Waals surface area contributed by atoms with Gasteiger partial charge in [-0.3, -0.25) is 0 Å². The number of nitrogens with zero attached hydrogens (tertiary/aromatic N) is 3. The van der Waals surface area contributed by atoms with Crippen molar-refractivity contribution in [2.45, 2.75) is 19.3 Å². The summed E-state index contributed by atoms with van der Waals surface area (Å²) < 4.78 is 8.98. The van der Waals surface area contributed by atoms with E-state index in [4.69, 9.17) is 4.42 Å². The fraction of sp³-hybridized carbons (Fsp3) is 0.0526. The second-order valence-electron chi connectivity index (χ2n) is 16.6. The number of hydrogen-bond donors (Lipinski definition) is 0. The number of fused-ring (bicyclic) bond motifs is 9. The summed E-state index contributed by atoms with van der Waals surface area (Å²) in [5, 5.41) is 4.56. The Morgan fingerprint density at radius 2 is 0.852 bits per heavy atom. The molecule has 12 rings (SSSR count). The number of furan rings is 1. The molecule has 0 bridgehead atoms. The van der Waals surface area contributed by atoms with Gasteiger partial charge in [0.1, 0.15) is 11.2 Å². The second kappa shape index (κ2) is 13.6. The molecule has 1 aliphatic rings. The predicted octanol–water partition coefficient (Wildman–Crippen LogP) is 15.9. The lowest BCUT2D eigenvalue weighted by atomic mass is 9.82. The van der Waals surface area contributed by atoms with E-state index in [1.165, 1.54) is 27.6 Å². The van der Waals surface area contributed by atoms with Gasteiger partial charge >= 0.3 is 0 Å². The van der Waals surface area contributed by atoms with Crippen molar-refractivity contribution in [2.24, 2.45) is 0 Å². The maximum absolute atomic E-state index is 6.52. The van der Waals surface area contributed by atoms with E-state index in [0.29, 0.717) is 0 Å². The molecule has 0 atom stereocenters. The number of benzene rings is 9. The van der Waals surface area contributed by atoms with Crippen LogP contribution in [0, 0.1) is 0 Å². The molecule has 2 heterocycles. The quantitative estimate of drug-likeness (QED) is 0.161. The minimum atomic E-state index is -0.248. The van der Waals surface area contributed by atoms with Crippen LogP contribution < -0.4 is 9.80 Å². The van der Waals surface area contributed by atoms with E-state index in [-0.39, 0.29) is 5.41 Å². The Labute approximate surface area is 354 Å². The molecule has 4 nitrogen and oxygen atoms in total. The van der Waals surface area contributed by atoms with Crippen molar-refractivity contribution < 1.29 is 4.42 Å². The first-order valence-electron chi connectivity index (χ1n) is 21.0. The first-order chi connectivity index (χ1) is 30.0. The van der Waals surface area contributed by atoms with Gasteiger partial charge in [0, 0.05) is 66.8 Å². The molecule has 0 saturated carbocycles. The van der Waals surface area contributed by atoms with E-state index >= 15 is 0 Å². The SMILES string of the molecule is CC1(C)c2cc(N(c3ccccc3)c3ccccc3)ccc2-c2ccc(-n3c4ccc(N(c5ccccc5)c5ccccc5)cc4c4cc5oc6ccccc6c5cc43)cc21. The third-order valence-electron chi connectivity index (χ3n) is 12.7. The summed E-state index contributed by atoms with van der Waals surface area (Å²) in [6.45, 7) is 4.75. The highest BCUT2D eigenvalue weighted by Crippen LogP contribution is 2.52. The van der Waals surface area contributed by atoms with E-state index in [9.17, 15) is 0 Å². The van der Waals surface area contributed by atoms with Gasteiger partial charge in [-0.05, 0) is 131 Å². The van der Waals surface area contributed by atoms with Crippen molar-refractivity contribution in [1.29, 1.82) is 0 Å². The molecule has 0 spiro atoms. The zero-order chi connectivity index (χ0) is 40.7. The molecule has 9 aromatic carbocycles. The molecule has 1 aliphatic carbocycles. The van der Waals surface area contributed by atoms with Crippen molar-refractivity contribution in [2.75, 3.05) is 9.80 Å². The Hall–Kier alpha value is -7.82. The van der Waals surface area contributed by atoms with E-state index < -0.39 is 0 Å². The zero-order valence-electron chi connectivity index (χ0n) is 34.0. The molecule has 2 aromatic heterocycles. The van der Waals surface area contributed by atoms with E-state index in [1.54, 1.807) is 0 Å². The molecule has 11 aromatic rings. The molecular formula is C57H41N3O. The summed E-state index contributed by atoms with van der Waals surface area (Å²) >= 11 is 0. The molecule has 0 unspecified atom stereocenters. The summed E-state index contributed by atoms with van der Waals surface area (Å²) in [7, 11) is 0. The summed E-state index contributed by atoms with van der Waals surface area (Å²) in [5.41, 5.74) is 16.9. The van der Waals surface area contributed by atoms with Gasteiger partial charge in [0.2, 0.25) is 0 Å². The fourth-order valence-electron chi connectivity index (χ4n) is 9.84. The lowest BCUT2D eigenvalue weighted by Crippen LogP contribution is -2.17. The smallest absolute Gasteiger partial charge is 0.136 e. The first kappa shape index (κ1) is 35.2. The van der Waals surface area contributed by atoms with Crippen LogP contribution in [0.25, 0.3) is 60.6 Å². The van der Waals surface area contributed by atoms with Crippen LogP contribution in [-0.2, 0) is 5.41 Å². The van der Waals surface area contributed by atoms with Gasteiger partial charge in [-0.2, -0.15) is 0 Å². The number of anilines is 6. The van der Waals surface area contributed by atoms with Gasteiger partial charge in [-0.15, -0.1) is 0 Å². The largest absolute Gasteiger partial charge is 0.456 e. The van der Waals surface area contributed by atoms with Gasteiger partial charge < -0.3 is 18.8 Å². The molecule has 0 aliphatic heterocycles. The van der Waals surface area contributed by atoms with E-state index in [1.807, 2.05) is 6.07 Å². The molecule has 0 radical (unpaired) electrons. The number of hydrogen-bond acceptors (Lipinski definition) is 3. The molecule has 61 heavy (non-hydrogen) atoms. The topological polar surface area (TPSA) is 24.6 Å².